The Labute approximate surface area is 114 Å². The molecule has 2 aliphatic rings. The van der Waals surface area contributed by atoms with E-state index in [1.807, 2.05) is 6.20 Å². The number of ether oxygens (including phenoxy) is 1. The van der Waals surface area contributed by atoms with Crippen molar-refractivity contribution in [2.45, 2.75) is 25.0 Å². The summed E-state index contributed by atoms with van der Waals surface area (Å²) >= 11 is 0. The Hall–Kier alpha value is -1.04. The van der Waals surface area contributed by atoms with Gasteiger partial charge < -0.3 is 9.64 Å². The Morgan fingerprint density at radius 1 is 1.21 bits per heavy atom. The Bertz CT molecular complexity index is 392. The molecule has 0 aromatic carbocycles. The summed E-state index contributed by atoms with van der Waals surface area (Å²) in [7, 11) is 2.21. The van der Waals surface area contributed by atoms with Crippen LogP contribution in [0, 0.1) is 0 Å². The van der Waals surface area contributed by atoms with E-state index in [0.717, 1.165) is 25.4 Å². The zero-order chi connectivity index (χ0) is 13.1. The lowest BCUT2D eigenvalue weighted by Crippen LogP contribution is -2.49. The van der Waals surface area contributed by atoms with E-state index in [1.165, 1.54) is 25.9 Å². The average Bonchev–Trinajstić information content (AvgIpc) is 2.49. The molecule has 5 nitrogen and oxygen atoms in total. The fourth-order valence-electron chi connectivity index (χ4n) is 3.02. The summed E-state index contributed by atoms with van der Waals surface area (Å²) in [6.45, 7) is 5.21. The average molecular weight is 262 g/mol. The van der Waals surface area contributed by atoms with E-state index < -0.39 is 0 Å². The molecule has 2 fully saturated rings. The molecule has 104 valence electrons. The predicted octanol–water partition coefficient (Wildman–Crippen LogP) is 0.944. The maximum absolute atomic E-state index is 5.85. The molecule has 2 saturated heterocycles. The monoisotopic (exact) mass is 262 g/mol. The Balaban J connectivity index is 1.62. The molecule has 0 aliphatic carbocycles. The van der Waals surface area contributed by atoms with Gasteiger partial charge in [-0.15, -0.1) is 0 Å². The summed E-state index contributed by atoms with van der Waals surface area (Å²) < 4.78 is 5.85. The van der Waals surface area contributed by atoms with E-state index in [-0.39, 0.29) is 6.10 Å². The van der Waals surface area contributed by atoms with Crippen LogP contribution in [0.15, 0.2) is 18.6 Å². The van der Waals surface area contributed by atoms with E-state index in [9.17, 15) is 0 Å². The largest absolute Gasteiger partial charge is 0.369 e. The summed E-state index contributed by atoms with van der Waals surface area (Å²) in [6.07, 6.45) is 7.90. The van der Waals surface area contributed by atoms with Crippen LogP contribution >= 0.6 is 0 Å². The third-order valence-corrected chi connectivity index (χ3v) is 4.22. The van der Waals surface area contributed by atoms with Crippen LogP contribution in [0.25, 0.3) is 0 Å². The van der Waals surface area contributed by atoms with Crippen LogP contribution in [-0.4, -0.2) is 65.6 Å². The van der Waals surface area contributed by atoms with Crippen LogP contribution in [0.5, 0.6) is 0 Å². The topological polar surface area (TPSA) is 41.5 Å². The summed E-state index contributed by atoms with van der Waals surface area (Å²) in [6, 6.07) is 0.708. The van der Waals surface area contributed by atoms with Gasteiger partial charge in [0.05, 0.1) is 18.5 Å². The second-order valence-corrected chi connectivity index (χ2v) is 5.52. The fourth-order valence-corrected chi connectivity index (χ4v) is 3.02. The van der Waals surface area contributed by atoms with Gasteiger partial charge in [-0.25, -0.2) is 0 Å². The molecule has 0 amide bonds. The summed E-state index contributed by atoms with van der Waals surface area (Å²) in [5.41, 5.74) is 0.958. The van der Waals surface area contributed by atoms with Gasteiger partial charge in [-0.2, -0.15) is 0 Å². The number of aromatic nitrogens is 2. The molecule has 0 spiro atoms. The van der Waals surface area contributed by atoms with Gasteiger partial charge in [-0.1, -0.05) is 0 Å². The zero-order valence-electron chi connectivity index (χ0n) is 11.5. The number of nitrogens with zero attached hydrogens (tertiary/aromatic N) is 4. The maximum Gasteiger partial charge on any atom is 0.114 e. The normalized spacial score (nSPS) is 27.5. The van der Waals surface area contributed by atoms with E-state index in [0.29, 0.717) is 6.04 Å². The first-order chi connectivity index (χ1) is 9.33. The first kappa shape index (κ1) is 13.0. The predicted molar refractivity (Wildman–Crippen MR) is 72.8 cm³/mol. The minimum atomic E-state index is 0.0853. The molecule has 0 N–H and O–H groups in total. The highest BCUT2D eigenvalue weighted by Gasteiger charge is 2.29. The maximum atomic E-state index is 5.85. The van der Waals surface area contributed by atoms with Gasteiger partial charge >= 0.3 is 0 Å². The molecule has 0 bridgehead atoms. The third kappa shape index (κ3) is 3.11. The molecule has 1 aromatic rings. The molecule has 0 unspecified atom stereocenters. The molecule has 1 atom stereocenters. The standard InChI is InChI=1S/C14H22N4O/c1-17-6-2-12(3-7-17)18-8-9-19-14(11-18)13-10-15-4-5-16-13/h4-5,10,12,14H,2-3,6-9,11H2,1H3/t14-/m0/s1. The van der Waals surface area contributed by atoms with Crippen molar-refractivity contribution in [3.8, 4) is 0 Å². The van der Waals surface area contributed by atoms with Crippen molar-refractivity contribution in [3.05, 3.63) is 24.3 Å². The minimum Gasteiger partial charge on any atom is -0.369 e. The van der Waals surface area contributed by atoms with E-state index in [4.69, 9.17) is 4.74 Å². The highest BCUT2D eigenvalue weighted by molar-refractivity contribution is 5.02. The fraction of sp³-hybridized carbons (Fsp3) is 0.714. The molecule has 3 heterocycles. The molecule has 2 aliphatic heterocycles. The molecule has 3 rings (SSSR count). The lowest BCUT2D eigenvalue weighted by atomic mass is 10.0. The van der Waals surface area contributed by atoms with Gasteiger partial charge in [-0.05, 0) is 33.0 Å². The minimum absolute atomic E-state index is 0.0853. The highest BCUT2D eigenvalue weighted by atomic mass is 16.5. The van der Waals surface area contributed by atoms with Crippen LogP contribution in [0.3, 0.4) is 0 Å². The van der Waals surface area contributed by atoms with Crippen molar-refractivity contribution in [2.24, 2.45) is 0 Å². The van der Waals surface area contributed by atoms with E-state index >= 15 is 0 Å². The van der Waals surface area contributed by atoms with Gasteiger partial charge in [0.2, 0.25) is 0 Å². The van der Waals surface area contributed by atoms with Crippen LogP contribution in [0.1, 0.15) is 24.6 Å². The summed E-state index contributed by atoms with van der Waals surface area (Å²) in [5.74, 6) is 0. The van der Waals surface area contributed by atoms with Gasteiger partial charge in [0.25, 0.3) is 0 Å². The second kappa shape index (κ2) is 5.94. The van der Waals surface area contributed by atoms with Crippen LogP contribution in [-0.2, 0) is 4.74 Å². The van der Waals surface area contributed by atoms with Crippen molar-refractivity contribution in [3.63, 3.8) is 0 Å². The lowest BCUT2D eigenvalue weighted by Gasteiger charge is -2.41. The van der Waals surface area contributed by atoms with Gasteiger partial charge in [0.15, 0.2) is 0 Å². The molecule has 19 heavy (non-hydrogen) atoms. The first-order valence-electron chi connectivity index (χ1n) is 7.13. The van der Waals surface area contributed by atoms with Crippen LogP contribution in [0.4, 0.5) is 0 Å². The van der Waals surface area contributed by atoms with E-state index in [2.05, 4.69) is 26.8 Å². The molecular formula is C14H22N4O. The van der Waals surface area contributed by atoms with E-state index in [1.54, 1.807) is 12.4 Å². The van der Waals surface area contributed by atoms with Crippen LogP contribution in [0.2, 0.25) is 0 Å². The Morgan fingerprint density at radius 3 is 2.79 bits per heavy atom. The first-order valence-corrected chi connectivity index (χ1v) is 7.13. The van der Waals surface area contributed by atoms with Crippen molar-refractivity contribution in [1.82, 2.24) is 19.8 Å². The molecule has 0 saturated carbocycles. The van der Waals surface area contributed by atoms with Crippen LogP contribution < -0.4 is 0 Å². The molecule has 5 heteroatoms. The van der Waals surface area contributed by atoms with Crippen molar-refractivity contribution < 1.29 is 4.74 Å². The molecular weight excluding hydrogens is 240 g/mol. The number of likely N-dealkylation sites (tertiary alicyclic amines) is 1. The summed E-state index contributed by atoms with van der Waals surface area (Å²) in [5, 5.41) is 0. The number of piperidine rings is 1. The molecule has 0 radical (unpaired) electrons. The molecule has 1 aromatic heterocycles. The van der Waals surface area contributed by atoms with Gasteiger partial charge in [0, 0.05) is 31.5 Å². The zero-order valence-corrected chi connectivity index (χ0v) is 11.5. The van der Waals surface area contributed by atoms with Gasteiger partial charge in [-0.3, -0.25) is 14.9 Å². The smallest absolute Gasteiger partial charge is 0.114 e. The third-order valence-electron chi connectivity index (χ3n) is 4.22. The van der Waals surface area contributed by atoms with Crippen molar-refractivity contribution in [2.75, 3.05) is 39.8 Å². The lowest BCUT2D eigenvalue weighted by molar-refractivity contribution is -0.0545. The van der Waals surface area contributed by atoms with Gasteiger partial charge in [0.1, 0.15) is 6.10 Å². The Kier molecular flexibility index (Phi) is 4.06. The SMILES string of the molecule is CN1CCC(N2CCO[C@H](c3cnccn3)C2)CC1. The summed E-state index contributed by atoms with van der Waals surface area (Å²) in [4.78, 5) is 13.5. The number of hydrogen-bond acceptors (Lipinski definition) is 5. The quantitative estimate of drug-likeness (QED) is 0.793. The van der Waals surface area contributed by atoms with Crippen molar-refractivity contribution >= 4 is 0 Å². The number of morpholine rings is 1. The number of hydrogen-bond donors (Lipinski definition) is 0. The Morgan fingerprint density at radius 2 is 2.05 bits per heavy atom. The number of rotatable bonds is 2. The van der Waals surface area contributed by atoms with Crippen molar-refractivity contribution in [1.29, 1.82) is 0 Å². The highest BCUT2D eigenvalue weighted by Crippen LogP contribution is 2.24. The second-order valence-electron chi connectivity index (χ2n) is 5.52.